The normalized spacial score (nSPS) is 10.6. The van der Waals surface area contributed by atoms with E-state index in [-0.39, 0.29) is 19.1 Å². The van der Waals surface area contributed by atoms with Crippen LogP contribution in [0.5, 0.6) is 5.75 Å². The standard InChI is InChI=1S/C22H26ClN9O2/c1-31(2)8-7-25-20(33)15-32-14-17(12-28-32)29-22-27-13-19(23)21(30-22)26-11-16-4-3-5-18(10-16)34-9-6-24/h3-5,10,12-14H,7-9,11,15H2,1-2H3,(H,25,33)(H2,26,27,29,30). The van der Waals surface area contributed by atoms with Gasteiger partial charge in [0, 0.05) is 25.8 Å². The zero-order chi connectivity index (χ0) is 24.3. The summed E-state index contributed by atoms with van der Waals surface area (Å²) in [7, 11) is 3.89. The van der Waals surface area contributed by atoms with Crippen LogP contribution in [0.25, 0.3) is 0 Å². The molecular formula is C22H26ClN9O2. The number of ether oxygens (including phenoxy) is 1. The second-order valence-electron chi connectivity index (χ2n) is 7.54. The van der Waals surface area contributed by atoms with Gasteiger partial charge in [0.05, 0.1) is 18.1 Å². The summed E-state index contributed by atoms with van der Waals surface area (Å²) in [6, 6.07) is 9.33. The number of anilines is 3. The zero-order valence-corrected chi connectivity index (χ0v) is 19.7. The Bertz CT molecular complexity index is 1140. The van der Waals surface area contributed by atoms with Crippen LogP contribution in [0.1, 0.15) is 5.56 Å². The van der Waals surface area contributed by atoms with Crippen molar-refractivity contribution in [2.75, 3.05) is 44.4 Å². The predicted molar refractivity (Wildman–Crippen MR) is 129 cm³/mol. The van der Waals surface area contributed by atoms with Crippen LogP contribution in [0.3, 0.4) is 0 Å². The lowest BCUT2D eigenvalue weighted by Gasteiger charge is -2.10. The van der Waals surface area contributed by atoms with Gasteiger partial charge in [-0.1, -0.05) is 23.7 Å². The third-order valence-corrected chi connectivity index (χ3v) is 4.76. The Labute approximate surface area is 202 Å². The van der Waals surface area contributed by atoms with E-state index in [4.69, 9.17) is 21.6 Å². The van der Waals surface area contributed by atoms with Gasteiger partial charge in [0.25, 0.3) is 0 Å². The number of nitriles is 1. The van der Waals surface area contributed by atoms with E-state index in [1.54, 1.807) is 18.5 Å². The van der Waals surface area contributed by atoms with Crippen molar-refractivity contribution in [3.8, 4) is 11.8 Å². The molecule has 0 aliphatic heterocycles. The molecule has 3 aromatic rings. The number of benzene rings is 1. The number of amides is 1. The van der Waals surface area contributed by atoms with E-state index in [2.05, 4.69) is 31.0 Å². The molecule has 12 heteroatoms. The van der Waals surface area contributed by atoms with Crippen molar-refractivity contribution in [3.63, 3.8) is 0 Å². The maximum absolute atomic E-state index is 12.0. The van der Waals surface area contributed by atoms with Gasteiger partial charge >= 0.3 is 0 Å². The number of likely N-dealkylation sites (N-methyl/N-ethyl adjacent to an activating group) is 1. The highest BCUT2D eigenvalue weighted by atomic mass is 35.5. The first-order valence-electron chi connectivity index (χ1n) is 10.5. The molecule has 0 saturated carbocycles. The largest absolute Gasteiger partial charge is 0.479 e. The van der Waals surface area contributed by atoms with Gasteiger partial charge in [-0.3, -0.25) is 9.48 Å². The van der Waals surface area contributed by atoms with Crippen molar-refractivity contribution in [2.45, 2.75) is 13.1 Å². The average molecular weight is 484 g/mol. The Morgan fingerprint density at radius 3 is 2.97 bits per heavy atom. The minimum Gasteiger partial charge on any atom is -0.479 e. The van der Waals surface area contributed by atoms with Gasteiger partial charge in [0.2, 0.25) is 11.9 Å². The topological polar surface area (TPSA) is 133 Å². The number of aromatic nitrogens is 4. The smallest absolute Gasteiger partial charge is 0.241 e. The van der Waals surface area contributed by atoms with Crippen molar-refractivity contribution >= 4 is 35.0 Å². The van der Waals surface area contributed by atoms with Crippen molar-refractivity contribution in [3.05, 3.63) is 53.4 Å². The molecule has 0 radical (unpaired) electrons. The number of carbonyl (C=O) groups excluding carboxylic acids is 1. The number of hydrogen-bond acceptors (Lipinski definition) is 9. The van der Waals surface area contributed by atoms with Gasteiger partial charge in [0.15, 0.2) is 12.4 Å². The molecule has 178 valence electrons. The van der Waals surface area contributed by atoms with Crippen LogP contribution in [0.4, 0.5) is 17.5 Å². The van der Waals surface area contributed by atoms with Crippen LogP contribution in [-0.4, -0.2) is 64.3 Å². The number of rotatable bonds is 12. The van der Waals surface area contributed by atoms with E-state index >= 15 is 0 Å². The molecule has 0 bridgehead atoms. The van der Waals surface area contributed by atoms with Crippen LogP contribution in [-0.2, 0) is 17.9 Å². The summed E-state index contributed by atoms with van der Waals surface area (Å²) >= 11 is 6.25. The monoisotopic (exact) mass is 483 g/mol. The first-order chi connectivity index (χ1) is 16.4. The summed E-state index contributed by atoms with van der Waals surface area (Å²) in [6.45, 7) is 1.88. The average Bonchev–Trinajstić information content (AvgIpc) is 3.24. The second kappa shape index (κ2) is 12.4. The molecule has 0 aliphatic carbocycles. The summed E-state index contributed by atoms with van der Waals surface area (Å²) in [6.07, 6.45) is 4.78. The highest BCUT2D eigenvalue weighted by molar-refractivity contribution is 6.32. The summed E-state index contributed by atoms with van der Waals surface area (Å²) in [5.74, 6) is 1.27. The van der Waals surface area contributed by atoms with Gasteiger partial charge in [0.1, 0.15) is 23.4 Å². The van der Waals surface area contributed by atoms with Gasteiger partial charge in [-0.2, -0.15) is 15.3 Å². The number of carbonyl (C=O) groups is 1. The van der Waals surface area contributed by atoms with E-state index in [1.165, 1.54) is 10.9 Å². The van der Waals surface area contributed by atoms with Crippen LogP contribution in [0.15, 0.2) is 42.9 Å². The third kappa shape index (κ3) is 7.91. The van der Waals surface area contributed by atoms with E-state index in [9.17, 15) is 4.79 Å². The van der Waals surface area contributed by atoms with Crippen molar-refractivity contribution in [1.82, 2.24) is 30.0 Å². The molecule has 1 aromatic carbocycles. The van der Waals surface area contributed by atoms with E-state index < -0.39 is 0 Å². The van der Waals surface area contributed by atoms with Crippen LogP contribution in [0, 0.1) is 11.3 Å². The number of hydrogen-bond donors (Lipinski definition) is 3. The van der Waals surface area contributed by atoms with Gasteiger partial charge in [-0.15, -0.1) is 0 Å². The van der Waals surface area contributed by atoms with Crippen molar-refractivity contribution in [1.29, 1.82) is 5.26 Å². The Morgan fingerprint density at radius 1 is 1.32 bits per heavy atom. The lowest BCUT2D eigenvalue weighted by atomic mass is 10.2. The Balaban J connectivity index is 1.56. The van der Waals surface area contributed by atoms with Crippen LogP contribution >= 0.6 is 11.6 Å². The van der Waals surface area contributed by atoms with Crippen molar-refractivity contribution in [2.24, 2.45) is 0 Å². The summed E-state index contributed by atoms with van der Waals surface area (Å²) in [4.78, 5) is 22.6. The molecule has 2 heterocycles. The maximum atomic E-state index is 12.0. The molecule has 3 rings (SSSR count). The molecule has 34 heavy (non-hydrogen) atoms. The predicted octanol–water partition coefficient (Wildman–Crippen LogP) is 2.26. The Kier molecular flexibility index (Phi) is 9.02. The molecule has 3 N–H and O–H groups in total. The SMILES string of the molecule is CN(C)CCNC(=O)Cn1cc(Nc2ncc(Cl)c(NCc3cccc(OCC#N)c3)n2)cn1. The first-order valence-corrected chi connectivity index (χ1v) is 10.9. The van der Waals surface area contributed by atoms with E-state index in [0.29, 0.717) is 41.3 Å². The summed E-state index contributed by atoms with van der Waals surface area (Å²) in [5.41, 5.74) is 1.57. The quantitative estimate of drug-likeness (QED) is 0.354. The molecule has 2 aromatic heterocycles. The van der Waals surface area contributed by atoms with E-state index in [0.717, 1.165) is 12.1 Å². The van der Waals surface area contributed by atoms with Gasteiger partial charge in [-0.05, 0) is 31.8 Å². The minimum atomic E-state index is -0.118. The summed E-state index contributed by atoms with van der Waals surface area (Å²) in [5, 5.41) is 22.3. The number of nitrogens with one attached hydrogen (secondary N) is 3. The highest BCUT2D eigenvalue weighted by Crippen LogP contribution is 2.22. The second-order valence-corrected chi connectivity index (χ2v) is 7.95. The molecule has 0 unspecified atom stereocenters. The molecule has 1 amide bonds. The van der Waals surface area contributed by atoms with Crippen LogP contribution < -0.4 is 20.7 Å². The molecular weight excluding hydrogens is 458 g/mol. The molecule has 0 atom stereocenters. The van der Waals surface area contributed by atoms with E-state index in [1.807, 2.05) is 43.3 Å². The third-order valence-electron chi connectivity index (χ3n) is 4.48. The number of halogens is 1. The highest BCUT2D eigenvalue weighted by Gasteiger charge is 2.09. The van der Waals surface area contributed by atoms with Crippen molar-refractivity contribution < 1.29 is 9.53 Å². The minimum absolute atomic E-state index is 0.0125. The Morgan fingerprint density at radius 2 is 2.18 bits per heavy atom. The fourth-order valence-corrected chi connectivity index (χ4v) is 3.02. The molecule has 0 fully saturated rings. The van der Waals surface area contributed by atoms with Gasteiger partial charge in [-0.25, -0.2) is 4.98 Å². The lowest BCUT2D eigenvalue weighted by Crippen LogP contribution is -2.33. The summed E-state index contributed by atoms with van der Waals surface area (Å²) < 4.78 is 6.86. The van der Waals surface area contributed by atoms with Crippen LogP contribution in [0.2, 0.25) is 5.02 Å². The number of nitrogens with zero attached hydrogens (tertiary/aromatic N) is 6. The lowest BCUT2D eigenvalue weighted by molar-refractivity contribution is -0.121. The molecule has 11 nitrogen and oxygen atoms in total. The molecule has 0 spiro atoms. The Hall–Kier alpha value is -3.88. The molecule has 0 aliphatic rings. The van der Waals surface area contributed by atoms with Gasteiger partial charge < -0.3 is 25.6 Å². The zero-order valence-electron chi connectivity index (χ0n) is 19.0. The fraction of sp³-hybridized carbons (Fsp3) is 0.318. The molecule has 0 saturated heterocycles. The first kappa shape index (κ1) is 24.8. The maximum Gasteiger partial charge on any atom is 0.241 e. The fourth-order valence-electron chi connectivity index (χ4n) is 2.86.